The molecule has 0 atom stereocenters. The summed E-state index contributed by atoms with van der Waals surface area (Å²) in [5.41, 5.74) is 4.91. The van der Waals surface area contributed by atoms with Crippen LogP contribution in [0.1, 0.15) is 23.4 Å². The molecule has 1 saturated heterocycles. The fourth-order valence-corrected chi connectivity index (χ4v) is 3.83. The van der Waals surface area contributed by atoms with Gasteiger partial charge in [-0.05, 0) is 36.8 Å². The van der Waals surface area contributed by atoms with Crippen molar-refractivity contribution >= 4 is 29.1 Å². The summed E-state index contributed by atoms with van der Waals surface area (Å²) < 4.78 is 12.7. The van der Waals surface area contributed by atoms with Crippen LogP contribution in [-0.4, -0.2) is 56.8 Å². The third-order valence-corrected chi connectivity index (χ3v) is 5.75. The maximum absolute atomic E-state index is 12.4. The summed E-state index contributed by atoms with van der Waals surface area (Å²) in [6.07, 6.45) is 5.96. The maximum atomic E-state index is 12.4. The normalized spacial score (nSPS) is 14.4. The predicted molar refractivity (Wildman–Crippen MR) is 125 cm³/mol. The number of rotatable bonds is 6. The molecule has 8 nitrogen and oxygen atoms in total. The number of aryl methyl sites for hydroxylation is 2. The Hall–Kier alpha value is -3.78. The molecule has 0 spiro atoms. The Balaban J connectivity index is 1.26. The van der Waals surface area contributed by atoms with Gasteiger partial charge in [-0.15, -0.1) is 0 Å². The Morgan fingerprint density at radius 3 is 2.73 bits per heavy atom. The van der Waals surface area contributed by atoms with Crippen LogP contribution in [-0.2, 0) is 16.1 Å². The Kier molecular flexibility index (Phi) is 5.99. The van der Waals surface area contributed by atoms with Crippen LogP contribution >= 0.6 is 0 Å². The molecule has 33 heavy (non-hydrogen) atoms. The predicted octanol–water partition coefficient (Wildman–Crippen LogP) is 3.81. The molecular formula is C25H25N5O3. The van der Waals surface area contributed by atoms with E-state index in [1.165, 1.54) is 5.56 Å². The Morgan fingerprint density at radius 1 is 1.09 bits per heavy atom. The monoisotopic (exact) mass is 443 g/mol. The molecule has 1 aliphatic rings. The van der Waals surface area contributed by atoms with Gasteiger partial charge < -0.3 is 18.7 Å². The van der Waals surface area contributed by atoms with Crippen LogP contribution in [0.3, 0.4) is 0 Å². The molecule has 2 aromatic carbocycles. The lowest BCUT2D eigenvalue weighted by Crippen LogP contribution is -2.40. The molecule has 2 aromatic heterocycles. The van der Waals surface area contributed by atoms with Crippen molar-refractivity contribution in [2.45, 2.75) is 19.9 Å². The van der Waals surface area contributed by atoms with Gasteiger partial charge in [-0.3, -0.25) is 4.79 Å². The third kappa shape index (κ3) is 4.85. The smallest absolute Gasteiger partial charge is 0.250 e. The maximum Gasteiger partial charge on any atom is 0.250 e. The van der Waals surface area contributed by atoms with E-state index in [4.69, 9.17) is 9.26 Å². The SMILES string of the molecule is Cc1ccc(C=Cc2nc(-c3ccc4c(c3)ncn4CCC(=O)N3CCOCC3)no2)cc1. The Morgan fingerprint density at radius 2 is 1.91 bits per heavy atom. The Labute approximate surface area is 191 Å². The average Bonchev–Trinajstić information content (AvgIpc) is 3.49. The van der Waals surface area contributed by atoms with E-state index in [2.05, 4.69) is 34.2 Å². The highest BCUT2D eigenvalue weighted by Gasteiger charge is 2.17. The van der Waals surface area contributed by atoms with Crippen LogP contribution in [0, 0.1) is 6.92 Å². The van der Waals surface area contributed by atoms with E-state index in [0.717, 1.165) is 22.2 Å². The molecule has 168 valence electrons. The van der Waals surface area contributed by atoms with E-state index in [9.17, 15) is 4.79 Å². The van der Waals surface area contributed by atoms with Gasteiger partial charge in [0.15, 0.2) is 0 Å². The number of morpholine rings is 1. The number of hydrogen-bond donors (Lipinski definition) is 0. The van der Waals surface area contributed by atoms with Gasteiger partial charge in [-0.1, -0.05) is 35.0 Å². The highest BCUT2D eigenvalue weighted by atomic mass is 16.5. The molecule has 0 saturated carbocycles. The zero-order chi connectivity index (χ0) is 22.6. The van der Waals surface area contributed by atoms with E-state index in [0.29, 0.717) is 51.0 Å². The zero-order valence-electron chi connectivity index (χ0n) is 18.5. The van der Waals surface area contributed by atoms with Crippen molar-refractivity contribution in [3.63, 3.8) is 0 Å². The van der Waals surface area contributed by atoms with Gasteiger partial charge in [0.2, 0.25) is 11.7 Å². The molecule has 0 N–H and O–H groups in total. The third-order valence-electron chi connectivity index (χ3n) is 5.75. The number of fused-ring (bicyclic) bond motifs is 1. The molecule has 0 radical (unpaired) electrons. The second-order valence-corrected chi connectivity index (χ2v) is 8.08. The summed E-state index contributed by atoms with van der Waals surface area (Å²) in [5.74, 6) is 1.10. The quantitative estimate of drug-likeness (QED) is 0.450. The highest BCUT2D eigenvalue weighted by Crippen LogP contribution is 2.22. The van der Waals surface area contributed by atoms with Crippen LogP contribution in [0.2, 0.25) is 0 Å². The lowest BCUT2D eigenvalue weighted by Gasteiger charge is -2.26. The standard InChI is InChI=1S/C25H25N5O3/c1-18-2-4-19(5-3-18)6-9-23-27-25(28-33-23)20-7-8-22-21(16-20)26-17-30(22)11-10-24(31)29-12-14-32-15-13-29/h2-9,16-17H,10-15H2,1H3. The van der Waals surface area contributed by atoms with E-state index in [-0.39, 0.29) is 5.91 Å². The van der Waals surface area contributed by atoms with Gasteiger partial charge in [0.1, 0.15) is 0 Å². The molecule has 1 aliphatic heterocycles. The van der Waals surface area contributed by atoms with Crippen molar-refractivity contribution in [3.05, 3.63) is 65.8 Å². The molecule has 5 rings (SSSR count). The molecule has 0 aliphatic carbocycles. The molecule has 0 bridgehead atoms. The van der Waals surface area contributed by atoms with Crippen molar-refractivity contribution < 1.29 is 14.1 Å². The van der Waals surface area contributed by atoms with Crippen LogP contribution < -0.4 is 0 Å². The van der Waals surface area contributed by atoms with Gasteiger partial charge in [-0.25, -0.2) is 4.98 Å². The van der Waals surface area contributed by atoms with Gasteiger partial charge in [0, 0.05) is 37.7 Å². The van der Waals surface area contributed by atoms with E-state index < -0.39 is 0 Å². The summed E-state index contributed by atoms with van der Waals surface area (Å²) in [4.78, 5) is 23.3. The molecule has 8 heteroatoms. The first-order chi connectivity index (χ1) is 16.2. The summed E-state index contributed by atoms with van der Waals surface area (Å²) in [7, 11) is 0. The topological polar surface area (TPSA) is 86.3 Å². The summed E-state index contributed by atoms with van der Waals surface area (Å²) in [6, 6.07) is 14.1. The summed E-state index contributed by atoms with van der Waals surface area (Å²) in [6.45, 7) is 5.20. The van der Waals surface area contributed by atoms with Gasteiger partial charge in [-0.2, -0.15) is 4.98 Å². The largest absolute Gasteiger partial charge is 0.378 e. The lowest BCUT2D eigenvalue weighted by atomic mass is 10.1. The first-order valence-corrected chi connectivity index (χ1v) is 11.0. The second kappa shape index (κ2) is 9.38. The number of amides is 1. The highest BCUT2D eigenvalue weighted by molar-refractivity contribution is 5.81. The first kappa shape index (κ1) is 21.1. The molecule has 1 fully saturated rings. The van der Waals surface area contributed by atoms with Gasteiger partial charge >= 0.3 is 0 Å². The van der Waals surface area contributed by atoms with Crippen molar-refractivity contribution in [1.82, 2.24) is 24.6 Å². The van der Waals surface area contributed by atoms with Gasteiger partial charge in [0.05, 0.1) is 30.6 Å². The number of aromatic nitrogens is 4. The minimum absolute atomic E-state index is 0.148. The number of ether oxygens (including phenoxy) is 1. The molecule has 3 heterocycles. The summed E-state index contributed by atoms with van der Waals surface area (Å²) in [5, 5.41) is 4.11. The van der Waals surface area contributed by atoms with Crippen molar-refractivity contribution in [2.75, 3.05) is 26.3 Å². The minimum atomic E-state index is 0.148. The number of nitrogens with zero attached hydrogens (tertiary/aromatic N) is 5. The minimum Gasteiger partial charge on any atom is -0.378 e. The molecule has 1 amide bonds. The number of carbonyl (C=O) groups excluding carboxylic acids is 1. The fourth-order valence-electron chi connectivity index (χ4n) is 3.83. The lowest BCUT2D eigenvalue weighted by molar-refractivity contribution is -0.135. The van der Waals surface area contributed by atoms with E-state index in [1.807, 2.05) is 45.9 Å². The van der Waals surface area contributed by atoms with Crippen LogP contribution in [0.5, 0.6) is 0 Å². The second-order valence-electron chi connectivity index (χ2n) is 8.08. The van der Waals surface area contributed by atoms with Crippen LogP contribution in [0.15, 0.2) is 53.3 Å². The first-order valence-electron chi connectivity index (χ1n) is 11.0. The van der Waals surface area contributed by atoms with Crippen LogP contribution in [0.4, 0.5) is 0 Å². The number of benzene rings is 2. The molecule has 0 unspecified atom stereocenters. The Bertz CT molecular complexity index is 1280. The van der Waals surface area contributed by atoms with Crippen molar-refractivity contribution in [3.8, 4) is 11.4 Å². The van der Waals surface area contributed by atoms with Crippen molar-refractivity contribution in [2.24, 2.45) is 0 Å². The van der Waals surface area contributed by atoms with E-state index >= 15 is 0 Å². The number of hydrogen-bond acceptors (Lipinski definition) is 6. The van der Waals surface area contributed by atoms with Crippen LogP contribution in [0.25, 0.3) is 34.6 Å². The molecule has 4 aromatic rings. The zero-order valence-corrected chi connectivity index (χ0v) is 18.5. The number of imidazole rings is 1. The summed E-state index contributed by atoms with van der Waals surface area (Å²) >= 11 is 0. The van der Waals surface area contributed by atoms with E-state index in [1.54, 1.807) is 12.4 Å². The molecular weight excluding hydrogens is 418 g/mol. The average molecular weight is 444 g/mol. The van der Waals surface area contributed by atoms with Crippen molar-refractivity contribution in [1.29, 1.82) is 0 Å². The van der Waals surface area contributed by atoms with Gasteiger partial charge in [0.25, 0.3) is 5.89 Å². The number of carbonyl (C=O) groups is 1. The fraction of sp³-hybridized carbons (Fsp3) is 0.280.